The predicted molar refractivity (Wildman–Crippen MR) is 82.6 cm³/mol. The highest BCUT2D eigenvalue weighted by atomic mass is 32.2. The second-order valence-electron chi connectivity index (χ2n) is 5.12. The number of halogens is 2. The number of hydrogen-bond donors (Lipinski definition) is 1. The fourth-order valence-corrected chi connectivity index (χ4v) is 2.60. The second-order valence-corrected chi connectivity index (χ2v) is 6.67. The van der Waals surface area contributed by atoms with E-state index in [0.29, 0.717) is 13.1 Å². The van der Waals surface area contributed by atoms with Gasteiger partial charge in [-0.2, -0.15) is 0 Å². The lowest BCUT2D eigenvalue weighted by atomic mass is 10.2. The Balaban J connectivity index is 2.09. The van der Waals surface area contributed by atoms with Crippen LogP contribution in [-0.2, 0) is 10.8 Å². The van der Waals surface area contributed by atoms with Gasteiger partial charge in [0.2, 0.25) is 0 Å². The summed E-state index contributed by atoms with van der Waals surface area (Å²) in [5.74, 6) is -1.40. The van der Waals surface area contributed by atoms with Crippen molar-refractivity contribution >= 4 is 22.6 Å². The van der Waals surface area contributed by atoms with Crippen molar-refractivity contribution < 1.29 is 27.6 Å². The highest BCUT2D eigenvalue weighted by Crippen LogP contribution is 2.29. The van der Waals surface area contributed by atoms with E-state index in [1.807, 2.05) is 0 Å². The largest absolute Gasteiger partial charge is 0.489 e. The minimum atomic E-state index is -1.06. The summed E-state index contributed by atoms with van der Waals surface area (Å²) in [5, 5.41) is 8.91. The van der Waals surface area contributed by atoms with E-state index in [-0.39, 0.29) is 36.9 Å². The summed E-state index contributed by atoms with van der Waals surface area (Å²) in [5.41, 5.74) is 0.170. The van der Waals surface area contributed by atoms with Gasteiger partial charge < -0.3 is 19.6 Å². The topological polar surface area (TPSA) is 70.1 Å². The normalized spacial score (nSPS) is 16.3. The Morgan fingerprint density at radius 2 is 1.91 bits per heavy atom. The van der Waals surface area contributed by atoms with Crippen LogP contribution in [0.25, 0.3) is 0 Å². The first kappa shape index (κ1) is 17.5. The fraction of sp³-hybridized carbons (Fsp3) is 0.500. The molecule has 1 heterocycles. The molecule has 6 nitrogen and oxygen atoms in total. The van der Waals surface area contributed by atoms with Gasteiger partial charge in [-0.3, -0.25) is 4.21 Å². The maximum absolute atomic E-state index is 14.0. The van der Waals surface area contributed by atoms with Crippen molar-refractivity contribution in [3.05, 3.63) is 23.8 Å². The Labute approximate surface area is 135 Å². The van der Waals surface area contributed by atoms with Gasteiger partial charge in [-0.25, -0.2) is 13.6 Å². The molecule has 1 atom stereocenters. The van der Waals surface area contributed by atoms with Crippen LogP contribution in [0.5, 0.6) is 5.75 Å². The molecule has 23 heavy (non-hydrogen) atoms. The van der Waals surface area contributed by atoms with Gasteiger partial charge in [0.05, 0.1) is 18.0 Å². The van der Waals surface area contributed by atoms with E-state index < -0.39 is 28.5 Å². The monoisotopic (exact) mass is 348 g/mol. The molecule has 0 spiro atoms. The van der Waals surface area contributed by atoms with Crippen LogP contribution in [0.15, 0.2) is 12.1 Å². The van der Waals surface area contributed by atoms with E-state index >= 15 is 0 Å². The molecule has 1 amide bonds. The molecule has 1 aromatic carbocycles. The highest BCUT2D eigenvalue weighted by molar-refractivity contribution is 7.84. The zero-order valence-corrected chi connectivity index (χ0v) is 13.4. The van der Waals surface area contributed by atoms with Crippen LogP contribution in [0.1, 0.15) is 0 Å². The lowest BCUT2D eigenvalue weighted by molar-refractivity contribution is 0.142. The Kier molecular flexibility index (Phi) is 5.75. The molecule has 0 radical (unpaired) electrons. The zero-order valence-electron chi connectivity index (χ0n) is 12.6. The van der Waals surface area contributed by atoms with Crippen LogP contribution < -0.4 is 9.64 Å². The molecular weight excluding hydrogens is 330 g/mol. The van der Waals surface area contributed by atoms with E-state index in [1.54, 1.807) is 4.90 Å². The predicted octanol–water partition coefficient (Wildman–Crippen LogP) is 1.52. The first-order valence-electron chi connectivity index (χ1n) is 7.03. The molecule has 0 aliphatic carbocycles. The molecule has 0 saturated carbocycles. The molecule has 0 aromatic heterocycles. The minimum Gasteiger partial charge on any atom is -0.489 e. The van der Waals surface area contributed by atoms with Crippen LogP contribution in [0.4, 0.5) is 19.3 Å². The third kappa shape index (κ3) is 4.54. The SMILES string of the molecule is CS(=O)CCOc1cc(N2CCN(C(=O)O)CC2)c(F)cc1F. The minimum absolute atomic E-state index is 0.0674. The molecule has 1 unspecified atom stereocenters. The van der Waals surface area contributed by atoms with E-state index in [2.05, 4.69) is 0 Å². The lowest BCUT2D eigenvalue weighted by Gasteiger charge is -2.34. The number of ether oxygens (including phenoxy) is 1. The maximum Gasteiger partial charge on any atom is 0.407 e. The number of amides is 1. The lowest BCUT2D eigenvalue weighted by Crippen LogP contribution is -2.48. The molecule has 2 rings (SSSR count). The van der Waals surface area contributed by atoms with Gasteiger partial charge in [-0.1, -0.05) is 0 Å². The van der Waals surface area contributed by atoms with Crippen molar-refractivity contribution in [2.45, 2.75) is 0 Å². The van der Waals surface area contributed by atoms with E-state index in [4.69, 9.17) is 9.84 Å². The molecule has 128 valence electrons. The van der Waals surface area contributed by atoms with Crippen LogP contribution >= 0.6 is 0 Å². The molecule has 9 heteroatoms. The van der Waals surface area contributed by atoms with Crippen LogP contribution in [-0.4, -0.2) is 65.1 Å². The van der Waals surface area contributed by atoms with Crippen molar-refractivity contribution in [3.63, 3.8) is 0 Å². The third-order valence-corrected chi connectivity index (χ3v) is 4.26. The number of hydrogen-bond acceptors (Lipinski definition) is 4. The van der Waals surface area contributed by atoms with Gasteiger partial charge >= 0.3 is 6.09 Å². The summed E-state index contributed by atoms with van der Waals surface area (Å²) >= 11 is 0. The first-order valence-corrected chi connectivity index (χ1v) is 8.76. The summed E-state index contributed by atoms with van der Waals surface area (Å²) in [6, 6.07) is 2.01. The smallest absolute Gasteiger partial charge is 0.407 e. The first-order chi connectivity index (χ1) is 10.9. The second kappa shape index (κ2) is 7.58. The van der Waals surface area contributed by atoms with Crippen LogP contribution in [0.2, 0.25) is 0 Å². The summed E-state index contributed by atoms with van der Waals surface area (Å²) in [7, 11) is -1.06. The van der Waals surface area contributed by atoms with E-state index in [0.717, 1.165) is 6.07 Å². The number of piperazine rings is 1. The average molecular weight is 348 g/mol. The molecule has 1 aliphatic heterocycles. The van der Waals surface area contributed by atoms with Gasteiger partial charge in [0.25, 0.3) is 0 Å². The summed E-state index contributed by atoms with van der Waals surface area (Å²) in [4.78, 5) is 13.8. The number of anilines is 1. The van der Waals surface area contributed by atoms with Gasteiger partial charge in [0, 0.05) is 55.4 Å². The van der Waals surface area contributed by atoms with Gasteiger partial charge in [-0.05, 0) is 0 Å². The Hall–Kier alpha value is -1.90. The molecule has 1 saturated heterocycles. The van der Waals surface area contributed by atoms with Gasteiger partial charge in [0.1, 0.15) is 5.82 Å². The number of carbonyl (C=O) groups is 1. The Morgan fingerprint density at radius 1 is 1.26 bits per heavy atom. The molecule has 1 aromatic rings. The molecule has 1 fully saturated rings. The average Bonchev–Trinajstić information content (AvgIpc) is 2.49. The maximum atomic E-state index is 14.0. The number of carboxylic acid groups (broad SMARTS) is 1. The van der Waals surface area contributed by atoms with Crippen molar-refractivity contribution in [1.82, 2.24) is 4.90 Å². The Morgan fingerprint density at radius 3 is 2.48 bits per heavy atom. The molecule has 1 N–H and O–H groups in total. The van der Waals surface area contributed by atoms with Crippen molar-refractivity contribution in [1.29, 1.82) is 0 Å². The summed E-state index contributed by atoms with van der Waals surface area (Å²) < 4.78 is 44.0. The molecule has 0 bridgehead atoms. The van der Waals surface area contributed by atoms with Crippen LogP contribution in [0.3, 0.4) is 0 Å². The van der Waals surface area contributed by atoms with E-state index in [9.17, 15) is 17.8 Å². The summed E-state index contributed by atoms with van der Waals surface area (Å²) in [6.45, 7) is 1.19. The van der Waals surface area contributed by atoms with Crippen LogP contribution in [0, 0.1) is 11.6 Å². The van der Waals surface area contributed by atoms with E-state index in [1.165, 1.54) is 17.2 Å². The molecule has 1 aliphatic rings. The van der Waals surface area contributed by atoms with Crippen molar-refractivity contribution in [3.8, 4) is 5.75 Å². The Bertz CT molecular complexity index is 607. The van der Waals surface area contributed by atoms with Crippen molar-refractivity contribution in [2.24, 2.45) is 0 Å². The number of benzene rings is 1. The zero-order chi connectivity index (χ0) is 17.0. The number of rotatable bonds is 5. The standard InChI is InChI=1S/C14H18F2N2O4S/c1-23(21)7-6-22-13-9-12(10(15)8-11(13)16)17-2-4-18(5-3-17)14(19)20/h8-9H,2-7H2,1H3,(H,19,20). The quantitative estimate of drug-likeness (QED) is 0.874. The number of nitrogens with zero attached hydrogens (tertiary/aromatic N) is 2. The molecular formula is C14H18F2N2O4S. The summed E-state index contributed by atoms with van der Waals surface area (Å²) in [6.07, 6.45) is 0.499. The fourth-order valence-electron chi connectivity index (χ4n) is 2.28. The third-order valence-electron chi connectivity index (χ3n) is 3.52. The van der Waals surface area contributed by atoms with Crippen molar-refractivity contribution in [2.75, 3.05) is 49.7 Å². The van der Waals surface area contributed by atoms with Gasteiger partial charge in [-0.15, -0.1) is 0 Å². The highest BCUT2D eigenvalue weighted by Gasteiger charge is 2.23. The van der Waals surface area contributed by atoms with Gasteiger partial charge in [0.15, 0.2) is 11.6 Å².